The Kier molecular flexibility index (Phi) is 5.50. The summed E-state index contributed by atoms with van der Waals surface area (Å²) in [7, 11) is 0. The van der Waals surface area contributed by atoms with Crippen molar-refractivity contribution in [1.82, 2.24) is 9.78 Å². The number of thioether (sulfide) groups is 1. The molecule has 3 nitrogen and oxygen atoms in total. The highest BCUT2D eigenvalue weighted by Gasteiger charge is 2.11. The Balaban J connectivity index is 2.19. The molecule has 2 aromatic rings. The third-order valence-electron chi connectivity index (χ3n) is 2.87. The van der Waals surface area contributed by atoms with Gasteiger partial charge in [0.1, 0.15) is 5.69 Å². The minimum Gasteiger partial charge on any atom is -0.298 e. The number of carbonyl (C=O) groups is 1. The number of alkyl halides is 2. The molecule has 0 radical (unpaired) electrons. The number of hydrogen-bond donors (Lipinski definition) is 0. The number of aldehydes is 1. The molecule has 0 unspecified atom stereocenters. The SMILES string of the molecule is CCCn1cc(C=O)c(-c2ccc(SCC(F)F)cc2)n1. The third kappa shape index (κ3) is 4.14. The summed E-state index contributed by atoms with van der Waals surface area (Å²) in [6.45, 7) is 2.79. The average Bonchev–Trinajstić information content (AvgIpc) is 2.89. The van der Waals surface area contributed by atoms with E-state index < -0.39 is 6.43 Å². The first-order chi connectivity index (χ1) is 10.1. The molecule has 112 valence electrons. The zero-order chi connectivity index (χ0) is 15.2. The van der Waals surface area contributed by atoms with Gasteiger partial charge in [0.25, 0.3) is 0 Å². The highest BCUT2D eigenvalue weighted by Crippen LogP contribution is 2.26. The fourth-order valence-electron chi connectivity index (χ4n) is 1.96. The Hall–Kier alpha value is -1.69. The Labute approximate surface area is 126 Å². The van der Waals surface area contributed by atoms with Crippen LogP contribution in [0.15, 0.2) is 35.4 Å². The molecule has 1 aromatic heterocycles. The Morgan fingerprint density at radius 3 is 2.62 bits per heavy atom. The van der Waals surface area contributed by atoms with E-state index in [0.29, 0.717) is 11.3 Å². The predicted octanol–water partition coefficient (Wildman–Crippen LogP) is 4.13. The van der Waals surface area contributed by atoms with E-state index in [9.17, 15) is 13.6 Å². The van der Waals surface area contributed by atoms with Crippen molar-refractivity contribution in [2.24, 2.45) is 0 Å². The lowest BCUT2D eigenvalue weighted by Crippen LogP contribution is -1.96. The van der Waals surface area contributed by atoms with Gasteiger partial charge in [-0.2, -0.15) is 5.10 Å². The molecule has 1 aromatic carbocycles. The first kappa shape index (κ1) is 15.7. The first-order valence-electron chi connectivity index (χ1n) is 6.68. The van der Waals surface area contributed by atoms with Crippen molar-refractivity contribution in [3.05, 3.63) is 36.0 Å². The van der Waals surface area contributed by atoms with Crippen LogP contribution in [0.1, 0.15) is 23.7 Å². The van der Waals surface area contributed by atoms with Crippen LogP contribution >= 0.6 is 11.8 Å². The number of aromatic nitrogens is 2. The van der Waals surface area contributed by atoms with Gasteiger partial charge in [0.05, 0.1) is 11.3 Å². The van der Waals surface area contributed by atoms with E-state index in [2.05, 4.69) is 5.10 Å². The van der Waals surface area contributed by atoms with Crippen LogP contribution in [0.2, 0.25) is 0 Å². The van der Waals surface area contributed by atoms with Crippen LogP contribution in [0.3, 0.4) is 0 Å². The minimum absolute atomic E-state index is 0.218. The van der Waals surface area contributed by atoms with Crippen LogP contribution in [0.25, 0.3) is 11.3 Å². The highest BCUT2D eigenvalue weighted by molar-refractivity contribution is 7.99. The van der Waals surface area contributed by atoms with Crippen LogP contribution in [0, 0.1) is 0 Å². The zero-order valence-electron chi connectivity index (χ0n) is 11.6. The number of nitrogens with zero attached hydrogens (tertiary/aromatic N) is 2. The molecule has 0 spiro atoms. The fourth-order valence-corrected chi connectivity index (χ4v) is 2.61. The van der Waals surface area contributed by atoms with Crippen molar-refractivity contribution in [3.63, 3.8) is 0 Å². The quantitative estimate of drug-likeness (QED) is 0.570. The van der Waals surface area contributed by atoms with Gasteiger partial charge < -0.3 is 0 Å². The Morgan fingerprint density at radius 2 is 2.05 bits per heavy atom. The van der Waals surface area contributed by atoms with Crippen molar-refractivity contribution in [2.45, 2.75) is 31.2 Å². The lowest BCUT2D eigenvalue weighted by Gasteiger charge is -2.03. The predicted molar refractivity (Wildman–Crippen MR) is 80.1 cm³/mol. The lowest BCUT2D eigenvalue weighted by molar-refractivity contribution is 0.112. The van der Waals surface area contributed by atoms with Crippen molar-refractivity contribution in [3.8, 4) is 11.3 Å². The molecular formula is C15H16F2N2OS. The number of hydrogen-bond acceptors (Lipinski definition) is 3. The van der Waals surface area contributed by atoms with Gasteiger partial charge >= 0.3 is 0 Å². The maximum absolute atomic E-state index is 12.2. The van der Waals surface area contributed by atoms with E-state index in [1.54, 1.807) is 35.1 Å². The Morgan fingerprint density at radius 1 is 1.33 bits per heavy atom. The topological polar surface area (TPSA) is 34.9 Å². The molecule has 21 heavy (non-hydrogen) atoms. The van der Waals surface area contributed by atoms with Gasteiger partial charge in [-0.05, 0) is 18.6 Å². The molecule has 0 aliphatic rings. The molecular weight excluding hydrogens is 294 g/mol. The van der Waals surface area contributed by atoms with Gasteiger partial charge in [-0.25, -0.2) is 8.78 Å². The summed E-state index contributed by atoms with van der Waals surface area (Å²) < 4.78 is 26.1. The molecule has 0 fully saturated rings. The van der Waals surface area contributed by atoms with Crippen LogP contribution < -0.4 is 0 Å². The van der Waals surface area contributed by atoms with Crippen molar-refractivity contribution in [1.29, 1.82) is 0 Å². The summed E-state index contributed by atoms with van der Waals surface area (Å²) in [6, 6.07) is 7.16. The number of aryl methyl sites for hydroxylation is 1. The van der Waals surface area contributed by atoms with Crippen LogP contribution in [0.5, 0.6) is 0 Å². The number of carbonyl (C=O) groups excluding carboxylic acids is 1. The molecule has 0 saturated heterocycles. The van der Waals surface area contributed by atoms with Crippen molar-refractivity contribution >= 4 is 18.0 Å². The fraction of sp³-hybridized carbons (Fsp3) is 0.333. The number of rotatable bonds is 7. The van der Waals surface area contributed by atoms with Crippen molar-refractivity contribution in [2.75, 3.05) is 5.75 Å². The molecule has 0 saturated carbocycles. The molecule has 0 aliphatic carbocycles. The standard InChI is InChI=1S/C15H16F2N2OS/c1-2-7-19-8-12(9-20)15(18-19)11-3-5-13(6-4-11)21-10-14(16)17/h3-6,8-9,14H,2,7,10H2,1H3. The number of benzene rings is 1. The van der Waals surface area contributed by atoms with Crippen molar-refractivity contribution < 1.29 is 13.6 Å². The summed E-state index contributed by atoms with van der Waals surface area (Å²) in [5.74, 6) is -0.218. The van der Waals surface area contributed by atoms with Crippen LogP contribution in [-0.4, -0.2) is 28.2 Å². The molecule has 1 heterocycles. The average molecular weight is 310 g/mol. The monoisotopic (exact) mass is 310 g/mol. The smallest absolute Gasteiger partial charge is 0.247 e. The highest BCUT2D eigenvalue weighted by atomic mass is 32.2. The van der Waals surface area contributed by atoms with Gasteiger partial charge in [-0.3, -0.25) is 9.48 Å². The van der Waals surface area contributed by atoms with Crippen LogP contribution in [-0.2, 0) is 6.54 Å². The molecule has 0 atom stereocenters. The van der Waals surface area contributed by atoms with E-state index in [1.165, 1.54) is 0 Å². The lowest BCUT2D eigenvalue weighted by atomic mass is 10.1. The summed E-state index contributed by atoms with van der Waals surface area (Å²) in [6.07, 6.45) is 1.13. The molecule has 0 bridgehead atoms. The second kappa shape index (κ2) is 7.36. The summed E-state index contributed by atoms with van der Waals surface area (Å²) in [4.78, 5) is 11.9. The molecule has 0 aliphatic heterocycles. The van der Waals surface area contributed by atoms with Crippen LogP contribution in [0.4, 0.5) is 8.78 Å². The second-order valence-electron chi connectivity index (χ2n) is 4.54. The van der Waals surface area contributed by atoms with Gasteiger partial charge in [0, 0.05) is 23.2 Å². The summed E-state index contributed by atoms with van der Waals surface area (Å²) >= 11 is 1.11. The largest absolute Gasteiger partial charge is 0.298 e. The molecule has 0 amide bonds. The normalized spacial score (nSPS) is 11.0. The maximum Gasteiger partial charge on any atom is 0.247 e. The van der Waals surface area contributed by atoms with Gasteiger partial charge in [0.15, 0.2) is 6.29 Å². The van der Waals surface area contributed by atoms with E-state index in [-0.39, 0.29) is 5.75 Å². The van der Waals surface area contributed by atoms with Gasteiger partial charge in [-0.15, -0.1) is 11.8 Å². The Bertz CT molecular complexity index is 596. The van der Waals surface area contributed by atoms with E-state index in [4.69, 9.17) is 0 Å². The van der Waals surface area contributed by atoms with E-state index in [0.717, 1.165) is 41.5 Å². The molecule has 0 N–H and O–H groups in total. The molecule has 6 heteroatoms. The van der Waals surface area contributed by atoms with Gasteiger partial charge in [-0.1, -0.05) is 19.1 Å². The third-order valence-corrected chi connectivity index (χ3v) is 3.90. The summed E-state index contributed by atoms with van der Waals surface area (Å²) in [5.41, 5.74) is 1.98. The summed E-state index contributed by atoms with van der Waals surface area (Å²) in [5, 5.41) is 4.40. The maximum atomic E-state index is 12.2. The molecule has 2 rings (SSSR count). The second-order valence-corrected chi connectivity index (χ2v) is 5.63. The van der Waals surface area contributed by atoms with Gasteiger partial charge in [0.2, 0.25) is 6.43 Å². The van der Waals surface area contributed by atoms with E-state index in [1.807, 2.05) is 6.92 Å². The minimum atomic E-state index is -2.32. The number of halogens is 2. The van der Waals surface area contributed by atoms with E-state index >= 15 is 0 Å². The first-order valence-corrected chi connectivity index (χ1v) is 7.66. The zero-order valence-corrected chi connectivity index (χ0v) is 12.4.